The Morgan fingerprint density at radius 2 is 1.05 bits per heavy atom. The van der Waals surface area contributed by atoms with Gasteiger partial charge in [-0.3, -0.25) is 0 Å². The minimum Gasteiger partial charge on any atom is -0.377 e. The summed E-state index contributed by atoms with van der Waals surface area (Å²) in [7, 11) is 3.24. The molecule has 0 aliphatic rings. The maximum absolute atomic E-state index is 5.92. The van der Waals surface area contributed by atoms with E-state index in [1.807, 2.05) is 0 Å². The zero-order chi connectivity index (χ0) is 16.5. The molecule has 0 spiro atoms. The van der Waals surface area contributed by atoms with Gasteiger partial charge in [-0.15, -0.1) is 0 Å². The first kappa shape index (κ1) is 21.1. The zero-order valence-electron chi connectivity index (χ0n) is 13.9. The molecule has 0 heterocycles. The van der Waals surface area contributed by atoms with E-state index in [1.165, 1.54) is 0 Å². The molecule has 0 aliphatic heterocycles. The van der Waals surface area contributed by atoms with Gasteiger partial charge >= 0.3 is 17.6 Å². The number of hydrogen-bond donors (Lipinski definition) is 2. The second-order valence-electron chi connectivity index (χ2n) is 4.56. The van der Waals surface area contributed by atoms with Gasteiger partial charge in [-0.05, 0) is 12.8 Å². The molecule has 0 amide bonds. The highest BCUT2D eigenvalue weighted by Crippen LogP contribution is 2.38. The molecule has 8 nitrogen and oxygen atoms in total. The Kier molecular flexibility index (Phi) is 10.0. The first-order chi connectivity index (χ1) is 9.95. The topological polar surface area (TPSA) is 107 Å². The number of hydrogen-bond acceptors (Lipinski definition) is 8. The fourth-order valence-corrected chi connectivity index (χ4v) is 10.0. The fourth-order valence-electron chi connectivity index (χ4n) is 2.42. The summed E-state index contributed by atoms with van der Waals surface area (Å²) < 4.78 is 33.6. The van der Waals surface area contributed by atoms with Gasteiger partial charge in [0.1, 0.15) is 0 Å². The lowest BCUT2D eigenvalue weighted by atomic mass is 10.2. The molecule has 128 valence electrons. The van der Waals surface area contributed by atoms with Crippen molar-refractivity contribution in [2.45, 2.75) is 24.0 Å². The number of nitrogens with two attached hydrogens (primary N) is 2. The predicted octanol–water partition coefficient (Wildman–Crippen LogP) is -0.282. The summed E-state index contributed by atoms with van der Waals surface area (Å²) in [5.41, 5.74) is 11.5. The third-order valence-electron chi connectivity index (χ3n) is 3.69. The molecule has 0 aromatic rings. The quantitative estimate of drug-likeness (QED) is 0.466. The molecule has 0 aromatic carbocycles. The van der Waals surface area contributed by atoms with Crippen molar-refractivity contribution in [3.63, 3.8) is 0 Å². The monoisotopic (exact) mass is 342 g/mol. The Balaban J connectivity index is 5.52. The molecule has 0 saturated carbocycles. The minimum atomic E-state index is -3.03. The van der Waals surface area contributed by atoms with Crippen molar-refractivity contribution in [3.8, 4) is 0 Å². The molecule has 0 bridgehead atoms. The Bertz CT molecular complexity index is 243. The zero-order valence-corrected chi connectivity index (χ0v) is 15.9. The summed E-state index contributed by atoms with van der Waals surface area (Å²) >= 11 is 0. The highest BCUT2D eigenvalue weighted by Gasteiger charge is 2.63. The van der Waals surface area contributed by atoms with Crippen LogP contribution in [0.25, 0.3) is 0 Å². The van der Waals surface area contributed by atoms with Gasteiger partial charge in [0.15, 0.2) is 0 Å². The second kappa shape index (κ2) is 10.00. The van der Waals surface area contributed by atoms with Crippen LogP contribution in [0.3, 0.4) is 0 Å². The molecule has 0 aromatic heterocycles. The fraction of sp³-hybridized carbons (Fsp3) is 1.00. The van der Waals surface area contributed by atoms with Crippen molar-refractivity contribution < 1.29 is 26.6 Å². The average molecular weight is 343 g/mol. The Morgan fingerprint density at radius 3 is 1.29 bits per heavy atom. The molecule has 0 radical (unpaired) electrons. The normalized spacial score (nSPS) is 14.7. The highest BCUT2D eigenvalue weighted by molar-refractivity contribution is 6.82. The molecular formula is C11H30N2O6Si2. The molecule has 4 N–H and O–H groups in total. The summed E-state index contributed by atoms with van der Waals surface area (Å²) in [6.07, 6.45) is 1.28. The van der Waals surface area contributed by atoms with Gasteiger partial charge < -0.3 is 38.0 Å². The van der Waals surface area contributed by atoms with E-state index < -0.39 is 17.6 Å². The molecular weight excluding hydrogens is 312 g/mol. The van der Waals surface area contributed by atoms with E-state index in [2.05, 4.69) is 0 Å². The van der Waals surface area contributed by atoms with Gasteiger partial charge in [-0.2, -0.15) is 0 Å². The SMILES string of the molecule is CO[Si](OC)(OC)C(CCC(N)CN)[Si](OC)(OC)OC. The molecule has 0 saturated heterocycles. The van der Waals surface area contributed by atoms with Gasteiger partial charge in [0, 0.05) is 55.2 Å². The van der Waals surface area contributed by atoms with E-state index in [-0.39, 0.29) is 11.2 Å². The van der Waals surface area contributed by atoms with Crippen LogP contribution in [0, 0.1) is 0 Å². The van der Waals surface area contributed by atoms with Crippen molar-refractivity contribution >= 4 is 17.6 Å². The van der Waals surface area contributed by atoms with Crippen molar-refractivity contribution in [1.29, 1.82) is 0 Å². The van der Waals surface area contributed by atoms with E-state index in [1.54, 1.807) is 42.7 Å². The Hall–Kier alpha value is 0.114. The van der Waals surface area contributed by atoms with Crippen LogP contribution < -0.4 is 11.5 Å². The van der Waals surface area contributed by atoms with Gasteiger partial charge in [0.2, 0.25) is 0 Å². The van der Waals surface area contributed by atoms with Crippen molar-refractivity contribution in [1.82, 2.24) is 0 Å². The summed E-state index contributed by atoms with van der Waals surface area (Å²) in [6.45, 7) is 0.399. The maximum Gasteiger partial charge on any atom is 0.507 e. The smallest absolute Gasteiger partial charge is 0.377 e. The number of rotatable bonds is 12. The van der Waals surface area contributed by atoms with Crippen LogP contribution in [0.1, 0.15) is 12.8 Å². The van der Waals surface area contributed by atoms with Crippen LogP contribution in [-0.4, -0.2) is 72.9 Å². The molecule has 10 heteroatoms. The average Bonchev–Trinajstić information content (AvgIpc) is 2.55. The van der Waals surface area contributed by atoms with Crippen LogP contribution >= 0.6 is 0 Å². The van der Waals surface area contributed by atoms with Gasteiger partial charge in [-0.25, -0.2) is 0 Å². The van der Waals surface area contributed by atoms with Crippen LogP contribution in [0.2, 0.25) is 5.16 Å². The predicted molar refractivity (Wildman–Crippen MR) is 83.6 cm³/mol. The first-order valence-corrected chi connectivity index (χ1v) is 10.3. The summed E-state index contributed by atoms with van der Waals surface area (Å²) in [4.78, 5) is 0. The van der Waals surface area contributed by atoms with Crippen LogP contribution in [0.4, 0.5) is 0 Å². The van der Waals surface area contributed by atoms with E-state index in [4.69, 9.17) is 38.0 Å². The van der Waals surface area contributed by atoms with Crippen molar-refractivity contribution in [3.05, 3.63) is 0 Å². The largest absolute Gasteiger partial charge is 0.507 e. The van der Waals surface area contributed by atoms with Gasteiger partial charge in [0.25, 0.3) is 0 Å². The lowest BCUT2D eigenvalue weighted by Crippen LogP contribution is -2.62. The maximum atomic E-state index is 5.92. The standard InChI is InChI=1S/C11H30N2O6Si2/c1-14-20(15-2,16-3)11(8-7-10(13)9-12)21(17-4,18-5)19-6/h10-11H,7-9,12-13H2,1-6H3. The van der Waals surface area contributed by atoms with Gasteiger partial charge in [-0.1, -0.05) is 0 Å². The molecule has 0 rings (SSSR count). The Morgan fingerprint density at radius 1 is 0.714 bits per heavy atom. The van der Waals surface area contributed by atoms with Crippen LogP contribution in [-0.2, 0) is 26.6 Å². The molecule has 0 aliphatic carbocycles. The highest BCUT2D eigenvalue weighted by atomic mass is 28.5. The van der Waals surface area contributed by atoms with E-state index in [0.29, 0.717) is 19.4 Å². The molecule has 1 unspecified atom stereocenters. The van der Waals surface area contributed by atoms with Crippen molar-refractivity contribution in [2.24, 2.45) is 11.5 Å². The third kappa shape index (κ3) is 4.79. The van der Waals surface area contributed by atoms with E-state index in [0.717, 1.165) is 0 Å². The van der Waals surface area contributed by atoms with E-state index in [9.17, 15) is 0 Å². The van der Waals surface area contributed by atoms with Crippen molar-refractivity contribution in [2.75, 3.05) is 49.2 Å². The lowest BCUT2D eigenvalue weighted by Gasteiger charge is -2.40. The molecule has 1 atom stereocenters. The molecule has 0 fully saturated rings. The minimum absolute atomic E-state index is 0.123. The molecule has 21 heavy (non-hydrogen) atoms. The lowest BCUT2D eigenvalue weighted by molar-refractivity contribution is 0.0777. The summed E-state index contributed by atoms with van der Waals surface area (Å²) in [5.74, 6) is 0. The summed E-state index contributed by atoms with van der Waals surface area (Å²) in [5, 5.41) is -0.289. The third-order valence-corrected chi connectivity index (χ3v) is 11.5. The summed E-state index contributed by atoms with van der Waals surface area (Å²) in [6, 6.07) is -0.123. The second-order valence-corrected chi connectivity index (χ2v) is 11.4. The first-order valence-electron chi connectivity index (χ1n) is 6.72. The van der Waals surface area contributed by atoms with E-state index >= 15 is 0 Å². The Labute approximate surface area is 129 Å². The van der Waals surface area contributed by atoms with Gasteiger partial charge in [0.05, 0.1) is 5.16 Å². The van der Waals surface area contributed by atoms with Crippen LogP contribution in [0.15, 0.2) is 0 Å². The van der Waals surface area contributed by atoms with Crippen LogP contribution in [0.5, 0.6) is 0 Å².